The smallest absolute Gasteiger partial charge is 0.326 e. The molecule has 0 bridgehead atoms. The largest absolute Gasteiger partial charge is 0.491 e. The van der Waals surface area contributed by atoms with Crippen molar-refractivity contribution in [1.82, 2.24) is 13.9 Å². The molecule has 15 heteroatoms. The van der Waals surface area contributed by atoms with Crippen LogP contribution >= 0.6 is 0 Å². The van der Waals surface area contributed by atoms with Crippen molar-refractivity contribution < 1.29 is 40.0 Å². The van der Waals surface area contributed by atoms with E-state index in [9.17, 15) is 26.4 Å². The van der Waals surface area contributed by atoms with E-state index in [4.69, 9.17) is 18.4 Å². The predicted octanol–water partition coefficient (Wildman–Crippen LogP) is 4.42. The van der Waals surface area contributed by atoms with Crippen molar-refractivity contribution in [3.63, 3.8) is 0 Å². The molecule has 4 aromatic rings. The fourth-order valence-electron chi connectivity index (χ4n) is 5.64. The highest BCUT2D eigenvalue weighted by atomic mass is 32.2. The van der Waals surface area contributed by atoms with Gasteiger partial charge in [-0.1, -0.05) is 29.8 Å². The van der Waals surface area contributed by atoms with Crippen LogP contribution in [0.15, 0.2) is 87.6 Å². The molecule has 51 heavy (non-hydrogen) atoms. The van der Waals surface area contributed by atoms with Crippen molar-refractivity contribution >= 4 is 37.0 Å². The number of hydrogen-bond donors (Lipinski definition) is 0. The molecule has 0 saturated carbocycles. The highest BCUT2D eigenvalue weighted by molar-refractivity contribution is 7.89. The molecule has 0 spiro atoms. The van der Waals surface area contributed by atoms with Crippen LogP contribution in [0.1, 0.15) is 50.7 Å². The molecule has 1 saturated heterocycles. The van der Waals surface area contributed by atoms with Gasteiger partial charge in [0.2, 0.25) is 10.0 Å². The van der Waals surface area contributed by atoms with Gasteiger partial charge in [-0.25, -0.2) is 13.4 Å². The van der Waals surface area contributed by atoms with Gasteiger partial charge in [-0.2, -0.15) is 12.7 Å². The molecule has 1 aliphatic heterocycles. The van der Waals surface area contributed by atoms with E-state index in [1.54, 1.807) is 32.9 Å². The first-order valence-electron chi connectivity index (χ1n) is 16.6. The van der Waals surface area contributed by atoms with Crippen LogP contribution in [-0.2, 0) is 45.1 Å². The van der Waals surface area contributed by atoms with Gasteiger partial charge in [0.25, 0.3) is 15.7 Å². The predicted molar refractivity (Wildman–Crippen MR) is 190 cm³/mol. The number of sulfonamides is 1. The first-order valence-corrected chi connectivity index (χ1v) is 19.4. The number of aromatic nitrogens is 2. The summed E-state index contributed by atoms with van der Waals surface area (Å²) < 4.78 is 75.6. The van der Waals surface area contributed by atoms with Crippen LogP contribution in [0.4, 0.5) is 0 Å². The monoisotopic (exact) mass is 741 g/mol. The van der Waals surface area contributed by atoms with E-state index >= 15 is 0 Å². The SMILES string of the molecule is Cc1ccc(S(=O)(=O)OCCOCCOc2ccc(C3CCN(S(=O)(=O)c4ccc5c(=O)n(CC(=O)OC(C)(C)C)cnc5c4)CC3)cc2)cc1. The van der Waals surface area contributed by atoms with Crippen LogP contribution in [0.3, 0.4) is 0 Å². The summed E-state index contributed by atoms with van der Waals surface area (Å²) in [5, 5.41) is 0.204. The van der Waals surface area contributed by atoms with E-state index in [0.717, 1.165) is 15.7 Å². The Kier molecular flexibility index (Phi) is 12.0. The van der Waals surface area contributed by atoms with Gasteiger partial charge in [0.15, 0.2) is 0 Å². The number of fused-ring (bicyclic) bond motifs is 1. The number of ether oxygens (including phenoxy) is 3. The van der Waals surface area contributed by atoms with Crippen LogP contribution in [0, 0.1) is 6.92 Å². The third kappa shape index (κ3) is 10.0. The molecule has 0 radical (unpaired) electrons. The van der Waals surface area contributed by atoms with Crippen molar-refractivity contribution in [2.24, 2.45) is 0 Å². The molecule has 5 rings (SSSR count). The number of piperidine rings is 1. The summed E-state index contributed by atoms with van der Waals surface area (Å²) in [6.45, 7) is 7.96. The summed E-state index contributed by atoms with van der Waals surface area (Å²) in [4.78, 5) is 29.6. The Labute approximate surface area is 298 Å². The van der Waals surface area contributed by atoms with Gasteiger partial charge in [-0.05, 0) is 94.5 Å². The molecule has 1 fully saturated rings. The average Bonchev–Trinajstić information content (AvgIpc) is 3.08. The summed E-state index contributed by atoms with van der Waals surface area (Å²) in [5.41, 5.74) is 1.10. The Morgan fingerprint density at radius 2 is 1.51 bits per heavy atom. The minimum Gasteiger partial charge on any atom is -0.491 e. The van der Waals surface area contributed by atoms with Crippen molar-refractivity contribution in [3.8, 4) is 5.75 Å². The number of benzene rings is 3. The number of nitrogens with zero attached hydrogens (tertiary/aromatic N) is 3. The van der Waals surface area contributed by atoms with E-state index in [-0.39, 0.29) is 59.6 Å². The van der Waals surface area contributed by atoms with Gasteiger partial charge >= 0.3 is 5.97 Å². The Morgan fingerprint density at radius 3 is 2.18 bits per heavy atom. The van der Waals surface area contributed by atoms with E-state index < -0.39 is 37.3 Å². The lowest BCUT2D eigenvalue weighted by molar-refractivity contribution is -0.155. The number of hydrogen-bond acceptors (Lipinski definition) is 11. The van der Waals surface area contributed by atoms with Crippen LogP contribution < -0.4 is 10.3 Å². The van der Waals surface area contributed by atoms with Crippen molar-refractivity contribution in [2.45, 2.75) is 68.4 Å². The zero-order valence-corrected chi connectivity index (χ0v) is 30.7. The van der Waals surface area contributed by atoms with Crippen LogP contribution in [0.5, 0.6) is 5.75 Å². The molecule has 0 aliphatic carbocycles. The fraction of sp³-hybridized carbons (Fsp3) is 0.417. The molecule has 13 nitrogen and oxygen atoms in total. The van der Waals surface area contributed by atoms with Gasteiger partial charge in [-0.15, -0.1) is 0 Å². The van der Waals surface area contributed by atoms with Crippen molar-refractivity contribution in [1.29, 1.82) is 0 Å². The average molecular weight is 742 g/mol. The number of carbonyl (C=O) groups is 1. The molecule has 0 unspecified atom stereocenters. The highest BCUT2D eigenvalue weighted by Gasteiger charge is 2.30. The Bertz CT molecular complexity index is 2100. The fourth-order valence-corrected chi connectivity index (χ4v) is 8.02. The molecule has 0 N–H and O–H groups in total. The Morgan fingerprint density at radius 1 is 0.863 bits per heavy atom. The lowest BCUT2D eigenvalue weighted by Gasteiger charge is -2.31. The number of esters is 1. The van der Waals surface area contributed by atoms with Crippen LogP contribution in [0.25, 0.3) is 10.9 Å². The third-order valence-corrected chi connectivity index (χ3v) is 11.5. The first-order chi connectivity index (χ1) is 24.1. The van der Waals surface area contributed by atoms with Gasteiger partial charge in [0, 0.05) is 13.1 Å². The van der Waals surface area contributed by atoms with Crippen LogP contribution in [-0.4, -0.2) is 81.8 Å². The van der Waals surface area contributed by atoms with Crippen LogP contribution in [0.2, 0.25) is 0 Å². The van der Waals surface area contributed by atoms with Gasteiger partial charge in [0.05, 0.1) is 46.8 Å². The molecule has 1 aromatic heterocycles. The second kappa shape index (κ2) is 16.0. The summed E-state index contributed by atoms with van der Waals surface area (Å²) in [7, 11) is -7.66. The maximum Gasteiger partial charge on any atom is 0.326 e. The molecular weight excluding hydrogens is 699 g/mol. The zero-order chi connectivity index (χ0) is 36.8. The van der Waals surface area contributed by atoms with E-state index in [0.29, 0.717) is 31.7 Å². The zero-order valence-electron chi connectivity index (χ0n) is 29.1. The standard InChI is InChI=1S/C36H43N3O10S2/c1-26-5-11-30(12-6-26)51(44,45)48-22-20-46-19-21-47-29-9-7-27(8-10-29)28-15-17-39(18-16-28)50(42,43)31-13-14-32-33(23-31)37-25-38(35(32)41)24-34(40)49-36(2,3)4/h5-14,23,25,28H,15-22,24H2,1-4H3. The van der Waals surface area contributed by atoms with Gasteiger partial charge < -0.3 is 14.2 Å². The minimum absolute atomic E-state index is 0.0514. The van der Waals surface area contributed by atoms with E-state index in [2.05, 4.69) is 4.98 Å². The highest BCUT2D eigenvalue weighted by Crippen LogP contribution is 2.32. The van der Waals surface area contributed by atoms with Crippen molar-refractivity contribution in [2.75, 3.05) is 39.5 Å². The lowest BCUT2D eigenvalue weighted by atomic mass is 9.90. The summed E-state index contributed by atoms with van der Waals surface area (Å²) in [5.74, 6) is 0.253. The minimum atomic E-state index is -3.83. The second-order valence-corrected chi connectivity index (χ2v) is 16.8. The second-order valence-electron chi connectivity index (χ2n) is 13.2. The molecule has 274 valence electrons. The van der Waals surface area contributed by atoms with E-state index in [1.807, 2.05) is 31.2 Å². The van der Waals surface area contributed by atoms with E-state index in [1.165, 1.54) is 41.0 Å². The summed E-state index contributed by atoms with van der Waals surface area (Å²) in [6.07, 6.45) is 2.49. The van der Waals surface area contributed by atoms with Crippen molar-refractivity contribution in [3.05, 3.63) is 94.5 Å². The number of carbonyl (C=O) groups excluding carboxylic acids is 1. The maximum atomic E-state index is 13.5. The third-order valence-electron chi connectivity index (χ3n) is 8.23. The topological polar surface area (TPSA) is 160 Å². The number of aryl methyl sites for hydroxylation is 1. The summed E-state index contributed by atoms with van der Waals surface area (Å²) >= 11 is 0. The first kappa shape index (κ1) is 38.1. The summed E-state index contributed by atoms with van der Waals surface area (Å²) in [6, 6.07) is 18.3. The quantitative estimate of drug-likeness (QED) is 0.102. The maximum absolute atomic E-state index is 13.5. The Hall–Kier alpha value is -4.15. The molecule has 3 aromatic carbocycles. The molecular formula is C36H43N3O10S2. The molecule has 2 heterocycles. The molecule has 0 amide bonds. The lowest BCUT2D eigenvalue weighted by Crippen LogP contribution is -2.38. The van der Waals surface area contributed by atoms with Gasteiger partial charge in [0.1, 0.15) is 24.5 Å². The Balaban J connectivity index is 1.06. The molecule has 1 aliphatic rings. The normalized spacial score (nSPS) is 14.8. The number of rotatable bonds is 14. The van der Waals surface area contributed by atoms with Gasteiger partial charge in [-0.3, -0.25) is 18.3 Å². The molecule has 0 atom stereocenters.